The molecule has 1 saturated carbocycles. The van der Waals surface area contributed by atoms with Crippen molar-refractivity contribution in [3.8, 4) is 0 Å². The normalized spacial score (nSPS) is 19.6. The summed E-state index contributed by atoms with van der Waals surface area (Å²) < 4.78 is 13.9. The van der Waals surface area contributed by atoms with E-state index in [0.717, 1.165) is 31.2 Å². The predicted octanol–water partition coefficient (Wildman–Crippen LogP) is 4.01. The van der Waals surface area contributed by atoms with Gasteiger partial charge in [-0.05, 0) is 54.3 Å². The van der Waals surface area contributed by atoms with Crippen LogP contribution in [0.3, 0.4) is 0 Å². The molecule has 2 aliphatic rings. The number of halogens is 1. The first-order chi connectivity index (χ1) is 13.6. The van der Waals surface area contributed by atoms with Gasteiger partial charge in [-0.1, -0.05) is 19.3 Å². The molecule has 0 bridgehead atoms. The molecule has 6 heteroatoms. The third kappa shape index (κ3) is 3.91. The zero-order valence-electron chi connectivity index (χ0n) is 15.7. The number of amides is 2. The summed E-state index contributed by atoms with van der Waals surface area (Å²) in [6, 6.07) is 8.19. The van der Waals surface area contributed by atoms with E-state index in [1.54, 1.807) is 12.4 Å². The van der Waals surface area contributed by atoms with E-state index in [0.29, 0.717) is 17.8 Å². The fraction of sp³-hybridized carbons (Fsp3) is 0.409. The average Bonchev–Trinajstić information content (AvgIpc) is 2.72. The minimum absolute atomic E-state index is 0.0504. The van der Waals surface area contributed by atoms with Gasteiger partial charge in [0.1, 0.15) is 5.82 Å². The van der Waals surface area contributed by atoms with Crippen molar-refractivity contribution in [1.29, 1.82) is 0 Å². The number of nitrogens with one attached hydrogen (secondary N) is 1. The number of carbonyl (C=O) groups is 2. The van der Waals surface area contributed by atoms with Crippen molar-refractivity contribution in [3.63, 3.8) is 0 Å². The van der Waals surface area contributed by atoms with Crippen LogP contribution in [0, 0.1) is 5.82 Å². The minimum atomic E-state index is -0.650. The fourth-order valence-electron chi connectivity index (χ4n) is 4.32. The van der Waals surface area contributed by atoms with Gasteiger partial charge in [0.2, 0.25) is 11.8 Å². The molecule has 1 aromatic carbocycles. The van der Waals surface area contributed by atoms with Gasteiger partial charge in [-0.3, -0.25) is 14.6 Å². The molecule has 1 fully saturated rings. The molecule has 0 saturated heterocycles. The summed E-state index contributed by atoms with van der Waals surface area (Å²) in [7, 11) is 0. The van der Waals surface area contributed by atoms with Gasteiger partial charge in [-0.25, -0.2) is 4.39 Å². The highest BCUT2D eigenvalue weighted by atomic mass is 19.1. The SMILES string of the molecule is O=C1CC(C(=O)N(Cc2ccncc2)C2CCCCC2)c2cc(F)ccc2N1. The third-order valence-electron chi connectivity index (χ3n) is 5.75. The molecule has 1 aromatic heterocycles. The zero-order chi connectivity index (χ0) is 19.5. The molecular formula is C22H24FN3O2. The van der Waals surface area contributed by atoms with Crippen molar-refractivity contribution < 1.29 is 14.0 Å². The van der Waals surface area contributed by atoms with Crippen molar-refractivity contribution in [2.75, 3.05) is 5.32 Å². The molecule has 2 heterocycles. The Bertz CT molecular complexity index is 865. The monoisotopic (exact) mass is 381 g/mol. The van der Waals surface area contributed by atoms with Crippen molar-refractivity contribution >= 4 is 17.5 Å². The second kappa shape index (κ2) is 8.09. The van der Waals surface area contributed by atoms with Gasteiger partial charge < -0.3 is 10.2 Å². The molecule has 28 heavy (non-hydrogen) atoms. The first-order valence-corrected chi connectivity index (χ1v) is 9.90. The standard InChI is InChI=1S/C22H24FN3O2/c23-16-6-7-20-18(12-16)19(13-21(27)25-20)22(28)26(17-4-2-1-3-5-17)14-15-8-10-24-11-9-15/h6-12,17,19H,1-5,13-14H2,(H,25,27). The summed E-state index contributed by atoms with van der Waals surface area (Å²) in [5.41, 5.74) is 2.11. The van der Waals surface area contributed by atoms with Gasteiger partial charge in [-0.2, -0.15) is 0 Å². The van der Waals surface area contributed by atoms with Crippen LogP contribution >= 0.6 is 0 Å². The molecule has 2 aromatic rings. The van der Waals surface area contributed by atoms with Crippen molar-refractivity contribution in [1.82, 2.24) is 9.88 Å². The Kier molecular flexibility index (Phi) is 5.37. The lowest BCUT2D eigenvalue weighted by atomic mass is 9.87. The number of rotatable bonds is 4. The Morgan fingerprint density at radius 3 is 2.64 bits per heavy atom. The number of benzene rings is 1. The summed E-state index contributed by atoms with van der Waals surface area (Å²) in [5.74, 6) is -1.34. The van der Waals surface area contributed by atoms with Gasteiger partial charge in [0, 0.05) is 37.1 Å². The molecule has 0 radical (unpaired) electrons. The Hall–Kier alpha value is -2.76. The molecule has 146 valence electrons. The van der Waals surface area contributed by atoms with Crippen molar-refractivity contribution in [2.24, 2.45) is 0 Å². The smallest absolute Gasteiger partial charge is 0.231 e. The highest BCUT2D eigenvalue weighted by molar-refractivity contribution is 6.01. The first kappa shape index (κ1) is 18.6. The molecule has 5 nitrogen and oxygen atoms in total. The maximum absolute atomic E-state index is 13.9. The van der Waals surface area contributed by atoms with Crippen LogP contribution in [0.5, 0.6) is 0 Å². The second-order valence-electron chi connectivity index (χ2n) is 7.65. The molecule has 0 spiro atoms. The van der Waals surface area contributed by atoms with E-state index in [2.05, 4.69) is 10.3 Å². The summed E-state index contributed by atoms with van der Waals surface area (Å²) >= 11 is 0. The number of nitrogens with zero attached hydrogens (tertiary/aromatic N) is 2. The highest BCUT2D eigenvalue weighted by Crippen LogP contribution is 2.36. The molecular weight excluding hydrogens is 357 g/mol. The molecule has 2 amide bonds. The number of anilines is 1. The molecule has 1 unspecified atom stereocenters. The number of carbonyl (C=O) groups excluding carboxylic acids is 2. The quantitative estimate of drug-likeness (QED) is 0.870. The molecule has 4 rings (SSSR count). The number of pyridine rings is 1. The molecule has 1 aliphatic carbocycles. The summed E-state index contributed by atoms with van der Waals surface area (Å²) in [6.45, 7) is 0.481. The van der Waals surface area contributed by atoms with Crippen molar-refractivity contribution in [3.05, 3.63) is 59.7 Å². The minimum Gasteiger partial charge on any atom is -0.335 e. The largest absolute Gasteiger partial charge is 0.335 e. The van der Waals surface area contributed by atoms with E-state index in [1.165, 1.54) is 24.6 Å². The number of hydrogen-bond acceptors (Lipinski definition) is 3. The zero-order valence-corrected chi connectivity index (χ0v) is 15.7. The van der Waals surface area contributed by atoms with E-state index < -0.39 is 11.7 Å². The maximum atomic E-state index is 13.9. The second-order valence-corrected chi connectivity index (χ2v) is 7.65. The van der Waals surface area contributed by atoms with Crippen molar-refractivity contribution in [2.45, 2.75) is 57.0 Å². The van der Waals surface area contributed by atoms with Gasteiger partial charge in [0.15, 0.2) is 0 Å². The average molecular weight is 381 g/mol. The Labute approximate surface area is 164 Å². The van der Waals surface area contributed by atoms with Crippen LogP contribution in [0.2, 0.25) is 0 Å². The highest BCUT2D eigenvalue weighted by Gasteiger charge is 2.36. The van der Waals surface area contributed by atoms with Gasteiger partial charge >= 0.3 is 0 Å². The first-order valence-electron chi connectivity index (χ1n) is 9.90. The van der Waals surface area contributed by atoms with Crippen LogP contribution < -0.4 is 5.32 Å². The summed E-state index contributed by atoms with van der Waals surface area (Å²) in [5, 5.41) is 2.76. The summed E-state index contributed by atoms with van der Waals surface area (Å²) in [6.07, 6.45) is 8.80. The number of fused-ring (bicyclic) bond motifs is 1. The van der Waals surface area contributed by atoms with Crippen LogP contribution in [0.4, 0.5) is 10.1 Å². The van der Waals surface area contributed by atoms with E-state index in [1.807, 2.05) is 17.0 Å². The van der Waals surface area contributed by atoms with E-state index in [9.17, 15) is 14.0 Å². The van der Waals surface area contributed by atoms with Gasteiger partial charge in [0.05, 0.1) is 5.92 Å². The number of aromatic nitrogens is 1. The Balaban J connectivity index is 1.67. The summed E-state index contributed by atoms with van der Waals surface area (Å²) in [4.78, 5) is 31.8. The molecule has 1 atom stereocenters. The Morgan fingerprint density at radius 2 is 1.89 bits per heavy atom. The van der Waals surface area contributed by atoms with Crippen LogP contribution in [0.1, 0.15) is 55.6 Å². The van der Waals surface area contributed by atoms with Crippen LogP contribution in [-0.2, 0) is 16.1 Å². The van der Waals surface area contributed by atoms with E-state index in [-0.39, 0.29) is 24.3 Å². The topological polar surface area (TPSA) is 62.3 Å². The number of hydrogen-bond donors (Lipinski definition) is 1. The lowest BCUT2D eigenvalue weighted by Gasteiger charge is -2.38. The maximum Gasteiger partial charge on any atom is 0.231 e. The van der Waals surface area contributed by atoms with Crippen LogP contribution in [0.15, 0.2) is 42.7 Å². The predicted molar refractivity (Wildman–Crippen MR) is 104 cm³/mol. The fourth-order valence-corrected chi connectivity index (χ4v) is 4.32. The van der Waals surface area contributed by atoms with Crippen LogP contribution in [0.25, 0.3) is 0 Å². The lowest BCUT2D eigenvalue weighted by Crippen LogP contribution is -2.45. The van der Waals surface area contributed by atoms with Gasteiger partial charge in [-0.15, -0.1) is 0 Å². The van der Waals surface area contributed by atoms with Gasteiger partial charge in [0.25, 0.3) is 0 Å². The van der Waals surface area contributed by atoms with E-state index in [4.69, 9.17) is 0 Å². The third-order valence-corrected chi connectivity index (χ3v) is 5.75. The van der Waals surface area contributed by atoms with Crippen LogP contribution in [-0.4, -0.2) is 27.7 Å². The molecule has 1 aliphatic heterocycles. The van der Waals surface area contributed by atoms with E-state index >= 15 is 0 Å². The Morgan fingerprint density at radius 1 is 1.14 bits per heavy atom. The lowest BCUT2D eigenvalue weighted by molar-refractivity contribution is -0.138. The molecule has 1 N–H and O–H groups in total.